The van der Waals surface area contributed by atoms with Gasteiger partial charge in [-0.15, -0.1) is 0 Å². The minimum Gasteiger partial charge on any atom is -0.372 e. The Morgan fingerprint density at radius 1 is 1.32 bits per heavy atom. The summed E-state index contributed by atoms with van der Waals surface area (Å²) in [5.41, 5.74) is 1.75. The molecule has 0 aliphatic heterocycles. The predicted octanol–water partition coefficient (Wildman–Crippen LogP) is 3.70. The van der Waals surface area contributed by atoms with Crippen LogP contribution < -0.4 is 10.2 Å². The number of nitrogens with zero attached hydrogens (tertiary/aromatic N) is 1. The van der Waals surface area contributed by atoms with Crippen molar-refractivity contribution < 1.29 is 4.39 Å². The highest BCUT2D eigenvalue weighted by molar-refractivity contribution is 5.48. The molecule has 0 atom stereocenters. The van der Waals surface area contributed by atoms with Gasteiger partial charge in [-0.05, 0) is 37.0 Å². The fourth-order valence-electron chi connectivity index (χ4n) is 2.24. The Kier molecular flexibility index (Phi) is 5.20. The van der Waals surface area contributed by atoms with Crippen LogP contribution in [0.25, 0.3) is 0 Å². The molecule has 0 unspecified atom stereocenters. The van der Waals surface area contributed by atoms with Crippen molar-refractivity contribution in [3.8, 4) is 0 Å². The highest BCUT2D eigenvalue weighted by atomic mass is 19.1. The Labute approximate surface area is 116 Å². The smallest absolute Gasteiger partial charge is 0.146 e. The molecule has 0 amide bonds. The first kappa shape index (κ1) is 14.3. The molecule has 2 rings (SSSR count). The lowest BCUT2D eigenvalue weighted by Gasteiger charge is -2.20. The van der Waals surface area contributed by atoms with E-state index in [1.807, 2.05) is 24.1 Å². The van der Waals surface area contributed by atoms with Gasteiger partial charge in [-0.25, -0.2) is 4.39 Å². The van der Waals surface area contributed by atoms with Gasteiger partial charge in [0.15, 0.2) is 0 Å². The molecule has 1 aromatic rings. The molecule has 0 aromatic heterocycles. The zero-order valence-corrected chi connectivity index (χ0v) is 12.1. The lowest BCUT2D eigenvalue weighted by Crippen LogP contribution is -2.20. The van der Waals surface area contributed by atoms with E-state index >= 15 is 0 Å². The second-order valence-corrected chi connectivity index (χ2v) is 5.57. The van der Waals surface area contributed by atoms with Gasteiger partial charge in [0.25, 0.3) is 0 Å². The van der Waals surface area contributed by atoms with Crippen molar-refractivity contribution in [2.45, 2.75) is 51.6 Å². The lowest BCUT2D eigenvalue weighted by atomic mass is 10.1. The van der Waals surface area contributed by atoms with Gasteiger partial charge in [0.05, 0.1) is 5.69 Å². The summed E-state index contributed by atoms with van der Waals surface area (Å²) in [6.07, 6.45) is 6.05. The minimum absolute atomic E-state index is 0.103. The maximum Gasteiger partial charge on any atom is 0.146 e. The van der Waals surface area contributed by atoms with Gasteiger partial charge in [0.2, 0.25) is 0 Å². The molecule has 0 bridgehead atoms. The summed E-state index contributed by atoms with van der Waals surface area (Å²) in [5, 5.41) is 3.41. The Bertz CT molecular complexity index is 402. The summed E-state index contributed by atoms with van der Waals surface area (Å²) >= 11 is 0. The van der Waals surface area contributed by atoms with E-state index in [0.29, 0.717) is 11.7 Å². The maximum absolute atomic E-state index is 14.1. The van der Waals surface area contributed by atoms with Crippen molar-refractivity contribution in [1.29, 1.82) is 0 Å². The number of anilines is 1. The third-order valence-corrected chi connectivity index (χ3v) is 3.69. The molecular formula is C16H25FN2. The third kappa shape index (κ3) is 4.50. The van der Waals surface area contributed by atoms with Gasteiger partial charge in [-0.2, -0.15) is 0 Å². The summed E-state index contributed by atoms with van der Waals surface area (Å²) in [4.78, 5) is 2.02. The van der Waals surface area contributed by atoms with Crippen LogP contribution in [-0.4, -0.2) is 19.6 Å². The lowest BCUT2D eigenvalue weighted by molar-refractivity contribution is 0.610. The van der Waals surface area contributed by atoms with Gasteiger partial charge in [-0.1, -0.05) is 25.8 Å². The molecule has 0 spiro atoms. The molecule has 0 radical (unpaired) electrons. The summed E-state index contributed by atoms with van der Waals surface area (Å²) in [5.74, 6) is -0.103. The molecule has 1 N–H and O–H groups in total. The quantitative estimate of drug-likeness (QED) is 0.720. The van der Waals surface area contributed by atoms with E-state index in [4.69, 9.17) is 0 Å². The van der Waals surface area contributed by atoms with Crippen molar-refractivity contribution in [1.82, 2.24) is 5.32 Å². The van der Waals surface area contributed by atoms with Crippen LogP contribution in [0.15, 0.2) is 18.2 Å². The van der Waals surface area contributed by atoms with Crippen LogP contribution in [0.5, 0.6) is 0 Å². The summed E-state index contributed by atoms with van der Waals surface area (Å²) in [6, 6.07) is 6.27. The van der Waals surface area contributed by atoms with Crippen LogP contribution in [0.4, 0.5) is 10.1 Å². The first-order chi connectivity index (χ1) is 9.20. The van der Waals surface area contributed by atoms with Crippen molar-refractivity contribution in [2.75, 3.05) is 18.5 Å². The van der Waals surface area contributed by atoms with Crippen LogP contribution in [0, 0.1) is 5.82 Å². The van der Waals surface area contributed by atoms with Crippen LogP contribution in [-0.2, 0) is 6.54 Å². The van der Waals surface area contributed by atoms with E-state index in [1.165, 1.54) is 25.7 Å². The number of hydrogen-bond acceptors (Lipinski definition) is 2. The molecular weight excluding hydrogens is 239 g/mol. The van der Waals surface area contributed by atoms with Crippen molar-refractivity contribution >= 4 is 5.69 Å². The van der Waals surface area contributed by atoms with E-state index in [9.17, 15) is 4.39 Å². The molecule has 106 valence electrons. The first-order valence-electron chi connectivity index (χ1n) is 7.43. The Balaban J connectivity index is 1.89. The second-order valence-electron chi connectivity index (χ2n) is 5.57. The topological polar surface area (TPSA) is 15.3 Å². The van der Waals surface area contributed by atoms with Gasteiger partial charge in [-0.3, -0.25) is 0 Å². The average molecular weight is 264 g/mol. The molecule has 0 saturated heterocycles. The monoisotopic (exact) mass is 264 g/mol. The average Bonchev–Trinajstić information content (AvgIpc) is 3.20. The molecule has 2 nitrogen and oxygen atoms in total. The van der Waals surface area contributed by atoms with Crippen molar-refractivity contribution in [3.05, 3.63) is 29.6 Å². The standard InChI is InChI=1S/C16H25FN2/c1-3-4-5-10-19(2)16-9-6-13(11-15(16)17)12-18-14-7-8-14/h6,9,11,14,18H,3-5,7-8,10,12H2,1-2H3. The van der Waals surface area contributed by atoms with E-state index in [2.05, 4.69) is 12.2 Å². The predicted molar refractivity (Wildman–Crippen MR) is 79.1 cm³/mol. The fraction of sp³-hybridized carbons (Fsp3) is 0.625. The summed E-state index contributed by atoms with van der Waals surface area (Å²) in [7, 11) is 1.97. The summed E-state index contributed by atoms with van der Waals surface area (Å²) < 4.78 is 14.1. The number of rotatable bonds is 8. The molecule has 0 heterocycles. The highest BCUT2D eigenvalue weighted by Gasteiger charge is 2.20. The largest absolute Gasteiger partial charge is 0.372 e. The van der Waals surface area contributed by atoms with E-state index in [-0.39, 0.29) is 5.82 Å². The Morgan fingerprint density at radius 2 is 2.11 bits per heavy atom. The molecule has 1 aliphatic rings. The third-order valence-electron chi connectivity index (χ3n) is 3.69. The normalized spacial score (nSPS) is 14.7. The van der Waals surface area contributed by atoms with E-state index < -0.39 is 0 Å². The molecule has 3 heteroatoms. The van der Waals surface area contributed by atoms with E-state index in [0.717, 1.165) is 25.1 Å². The number of hydrogen-bond donors (Lipinski definition) is 1. The first-order valence-corrected chi connectivity index (χ1v) is 7.43. The molecule has 19 heavy (non-hydrogen) atoms. The molecule has 1 aromatic carbocycles. The van der Waals surface area contributed by atoms with Crippen LogP contribution in [0.3, 0.4) is 0 Å². The zero-order chi connectivity index (χ0) is 13.7. The fourth-order valence-corrected chi connectivity index (χ4v) is 2.24. The second kappa shape index (κ2) is 6.90. The highest BCUT2D eigenvalue weighted by Crippen LogP contribution is 2.22. The molecule has 1 fully saturated rings. The summed E-state index contributed by atoms with van der Waals surface area (Å²) in [6.45, 7) is 3.88. The van der Waals surface area contributed by atoms with Gasteiger partial charge < -0.3 is 10.2 Å². The number of benzene rings is 1. The Hall–Kier alpha value is -1.09. The van der Waals surface area contributed by atoms with Crippen LogP contribution in [0.2, 0.25) is 0 Å². The minimum atomic E-state index is -0.103. The molecule has 1 aliphatic carbocycles. The number of unbranched alkanes of at least 4 members (excludes halogenated alkanes) is 2. The number of nitrogens with one attached hydrogen (secondary N) is 1. The van der Waals surface area contributed by atoms with Gasteiger partial charge in [0.1, 0.15) is 5.82 Å². The maximum atomic E-state index is 14.1. The zero-order valence-electron chi connectivity index (χ0n) is 12.1. The van der Waals surface area contributed by atoms with Crippen LogP contribution in [0.1, 0.15) is 44.6 Å². The van der Waals surface area contributed by atoms with Gasteiger partial charge in [0, 0.05) is 26.2 Å². The number of halogens is 1. The Morgan fingerprint density at radius 3 is 2.74 bits per heavy atom. The van der Waals surface area contributed by atoms with Gasteiger partial charge >= 0.3 is 0 Å². The van der Waals surface area contributed by atoms with E-state index in [1.54, 1.807) is 6.07 Å². The van der Waals surface area contributed by atoms with Crippen molar-refractivity contribution in [2.24, 2.45) is 0 Å². The molecule has 1 saturated carbocycles. The van der Waals surface area contributed by atoms with Crippen molar-refractivity contribution in [3.63, 3.8) is 0 Å². The van der Waals surface area contributed by atoms with Crippen LogP contribution >= 0.6 is 0 Å². The SMILES string of the molecule is CCCCCN(C)c1ccc(CNC2CC2)cc1F.